The standard InChI is InChI=1S/C14H18F3N3/c1-9-4-5-11(13(18)19)12(7-9)20-6-2-3-10(8-20)14(15,16)17/h4-5,7,10H,2-3,6,8H2,1H3,(H3,18,19). The number of rotatable bonds is 2. The van der Waals surface area contributed by atoms with Gasteiger partial charge < -0.3 is 10.6 Å². The molecule has 1 aromatic rings. The number of nitrogens with two attached hydrogens (primary N) is 1. The summed E-state index contributed by atoms with van der Waals surface area (Å²) in [5.41, 5.74) is 7.60. The van der Waals surface area contributed by atoms with E-state index >= 15 is 0 Å². The second-order valence-electron chi connectivity index (χ2n) is 5.26. The minimum Gasteiger partial charge on any atom is -0.384 e. The van der Waals surface area contributed by atoms with Crippen molar-refractivity contribution in [1.29, 1.82) is 5.41 Å². The second-order valence-corrected chi connectivity index (χ2v) is 5.26. The van der Waals surface area contributed by atoms with E-state index in [0.717, 1.165) is 5.56 Å². The molecule has 1 unspecified atom stereocenters. The third kappa shape index (κ3) is 3.05. The fraction of sp³-hybridized carbons (Fsp3) is 0.500. The zero-order valence-corrected chi connectivity index (χ0v) is 11.3. The number of alkyl halides is 3. The van der Waals surface area contributed by atoms with Crippen LogP contribution < -0.4 is 10.6 Å². The van der Waals surface area contributed by atoms with E-state index in [1.165, 1.54) is 0 Å². The van der Waals surface area contributed by atoms with E-state index in [4.69, 9.17) is 11.1 Å². The smallest absolute Gasteiger partial charge is 0.384 e. The SMILES string of the molecule is Cc1ccc(C(=N)N)c(N2CCCC(C(F)(F)F)C2)c1. The van der Waals surface area contributed by atoms with Gasteiger partial charge in [0.25, 0.3) is 0 Å². The second kappa shape index (κ2) is 5.34. The molecule has 1 heterocycles. The van der Waals surface area contributed by atoms with Gasteiger partial charge in [-0.1, -0.05) is 6.07 Å². The summed E-state index contributed by atoms with van der Waals surface area (Å²) in [5, 5.41) is 7.57. The molecule has 0 aliphatic carbocycles. The van der Waals surface area contributed by atoms with Gasteiger partial charge in [-0.2, -0.15) is 13.2 Å². The Morgan fingerprint density at radius 1 is 1.40 bits per heavy atom. The number of nitrogen functional groups attached to an aromatic ring is 1. The first-order chi connectivity index (χ1) is 9.29. The lowest BCUT2D eigenvalue weighted by molar-refractivity contribution is -0.175. The van der Waals surface area contributed by atoms with E-state index in [-0.39, 0.29) is 18.8 Å². The molecule has 0 spiro atoms. The van der Waals surface area contributed by atoms with Crippen molar-refractivity contribution < 1.29 is 13.2 Å². The number of hydrogen-bond donors (Lipinski definition) is 2. The normalized spacial score (nSPS) is 20.0. The van der Waals surface area contributed by atoms with Gasteiger partial charge in [-0.15, -0.1) is 0 Å². The first-order valence-electron chi connectivity index (χ1n) is 6.55. The molecular formula is C14H18F3N3. The van der Waals surface area contributed by atoms with Crippen molar-refractivity contribution in [2.24, 2.45) is 11.7 Å². The maximum atomic E-state index is 12.9. The van der Waals surface area contributed by atoms with E-state index in [1.54, 1.807) is 17.0 Å². The number of halogens is 3. The van der Waals surface area contributed by atoms with E-state index in [1.807, 2.05) is 13.0 Å². The number of piperidine rings is 1. The van der Waals surface area contributed by atoms with Crippen molar-refractivity contribution in [3.8, 4) is 0 Å². The predicted molar refractivity (Wildman–Crippen MR) is 73.2 cm³/mol. The molecule has 1 saturated heterocycles. The Hall–Kier alpha value is -1.72. The summed E-state index contributed by atoms with van der Waals surface area (Å²) in [7, 11) is 0. The summed E-state index contributed by atoms with van der Waals surface area (Å²) < 4.78 is 38.6. The first-order valence-corrected chi connectivity index (χ1v) is 6.55. The highest BCUT2D eigenvalue weighted by Gasteiger charge is 2.42. The molecule has 0 amide bonds. The molecule has 3 nitrogen and oxygen atoms in total. The lowest BCUT2D eigenvalue weighted by atomic mass is 9.96. The van der Waals surface area contributed by atoms with Gasteiger partial charge in [0.15, 0.2) is 0 Å². The number of hydrogen-bond acceptors (Lipinski definition) is 2. The Kier molecular flexibility index (Phi) is 3.92. The molecule has 3 N–H and O–H groups in total. The van der Waals surface area contributed by atoms with Gasteiger partial charge in [-0.05, 0) is 37.5 Å². The third-order valence-corrected chi connectivity index (χ3v) is 3.67. The van der Waals surface area contributed by atoms with Gasteiger partial charge in [-0.25, -0.2) is 0 Å². The van der Waals surface area contributed by atoms with E-state index < -0.39 is 12.1 Å². The van der Waals surface area contributed by atoms with Crippen molar-refractivity contribution in [3.05, 3.63) is 29.3 Å². The van der Waals surface area contributed by atoms with Crippen LogP contribution in [0.5, 0.6) is 0 Å². The van der Waals surface area contributed by atoms with Crippen LogP contribution in [0.3, 0.4) is 0 Å². The largest absolute Gasteiger partial charge is 0.393 e. The summed E-state index contributed by atoms with van der Waals surface area (Å²) in [6.07, 6.45) is -3.50. The topological polar surface area (TPSA) is 53.1 Å². The van der Waals surface area contributed by atoms with E-state index in [0.29, 0.717) is 24.2 Å². The Morgan fingerprint density at radius 3 is 2.70 bits per heavy atom. The van der Waals surface area contributed by atoms with Crippen molar-refractivity contribution in [2.45, 2.75) is 25.9 Å². The molecule has 0 saturated carbocycles. The highest BCUT2D eigenvalue weighted by Crippen LogP contribution is 2.35. The lowest BCUT2D eigenvalue weighted by Crippen LogP contribution is -2.42. The molecule has 0 radical (unpaired) electrons. The van der Waals surface area contributed by atoms with Crippen LogP contribution in [-0.4, -0.2) is 25.1 Å². The number of nitrogens with one attached hydrogen (secondary N) is 1. The van der Waals surface area contributed by atoms with Crippen LogP contribution in [0.4, 0.5) is 18.9 Å². The highest BCUT2D eigenvalue weighted by molar-refractivity contribution is 6.00. The zero-order chi connectivity index (χ0) is 14.9. The van der Waals surface area contributed by atoms with Gasteiger partial charge in [0.2, 0.25) is 0 Å². The molecule has 1 fully saturated rings. The Morgan fingerprint density at radius 2 is 2.10 bits per heavy atom. The molecule has 20 heavy (non-hydrogen) atoms. The fourth-order valence-electron chi connectivity index (χ4n) is 2.59. The molecule has 110 valence electrons. The summed E-state index contributed by atoms with van der Waals surface area (Å²) in [5.74, 6) is -1.43. The van der Waals surface area contributed by atoms with Crippen LogP contribution in [0.1, 0.15) is 24.0 Å². The summed E-state index contributed by atoms with van der Waals surface area (Å²) >= 11 is 0. The molecule has 0 bridgehead atoms. The Bertz CT molecular complexity index is 511. The number of benzene rings is 1. The van der Waals surface area contributed by atoms with Crippen LogP contribution in [0.2, 0.25) is 0 Å². The average Bonchev–Trinajstić information content (AvgIpc) is 2.37. The maximum absolute atomic E-state index is 12.9. The summed E-state index contributed by atoms with van der Waals surface area (Å²) in [6, 6.07) is 5.31. The van der Waals surface area contributed by atoms with Crippen LogP contribution in [-0.2, 0) is 0 Å². The van der Waals surface area contributed by atoms with Crippen molar-refractivity contribution in [2.75, 3.05) is 18.0 Å². The first kappa shape index (κ1) is 14.7. The highest BCUT2D eigenvalue weighted by atomic mass is 19.4. The quantitative estimate of drug-likeness (QED) is 0.648. The van der Waals surface area contributed by atoms with Gasteiger partial charge >= 0.3 is 6.18 Å². The summed E-state index contributed by atoms with van der Waals surface area (Å²) in [6.45, 7) is 2.38. The summed E-state index contributed by atoms with van der Waals surface area (Å²) in [4.78, 5) is 1.70. The molecule has 1 aliphatic rings. The number of nitrogens with zero attached hydrogens (tertiary/aromatic N) is 1. The van der Waals surface area contributed by atoms with Gasteiger partial charge in [0.05, 0.1) is 5.92 Å². The number of amidine groups is 1. The zero-order valence-electron chi connectivity index (χ0n) is 11.3. The monoisotopic (exact) mass is 285 g/mol. The molecule has 6 heteroatoms. The molecular weight excluding hydrogens is 267 g/mol. The molecule has 1 aliphatic heterocycles. The van der Waals surface area contributed by atoms with Crippen LogP contribution in [0.25, 0.3) is 0 Å². The number of anilines is 1. The van der Waals surface area contributed by atoms with Crippen LogP contribution >= 0.6 is 0 Å². The van der Waals surface area contributed by atoms with Crippen LogP contribution in [0.15, 0.2) is 18.2 Å². The Labute approximate surface area is 116 Å². The van der Waals surface area contributed by atoms with E-state index in [9.17, 15) is 13.2 Å². The number of aryl methyl sites for hydroxylation is 1. The minimum absolute atomic E-state index is 0.0623. The average molecular weight is 285 g/mol. The molecule has 2 rings (SSSR count). The van der Waals surface area contributed by atoms with Crippen molar-refractivity contribution in [1.82, 2.24) is 0 Å². The van der Waals surface area contributed by atoms with Crippen molar-refractivity contribution >= 4 is 11.5 Å². The van der Waals surface area contributed by atoms with Gasteiger partial charge in [-0.3, -0.25) is 5.41 Å². The fourth-order valence-corrected chi connectivity index (χ4v) is 2.59. The van der Waals surface area contributed by atoms with Crippen molar-refractivity contribution in [3.63, 3.8) is 0 Å². The van der Waals surface area contributed by atoms with E-state index in [2.05, 4.69) is 0 Å². The van der Waals surface area contributed by atoms with Gasteiger partial charge in [0.1, 0.15) is 5.84 Å². The Balaban J connectivity index is 2.31. The lowest BCUT2D eigenvalue weighted by Gasteiger charge is -2.36. The third-order valence-electron chi connectivity index (χ3n) is 3.67. The predicted octanol–water partition coefficient (Wildman–Crippen LogP) is 3.06. The molecule has 1 atom stereocenters. The maximum Gasteiger partial charge on any atom is 0.393 e. The van der Waals surface area contributed by atoms with Gasteiger partial charge in [0, 0.05) is 24.3 Å². The molecule has 0 aromatic heterocycles. The molecule has 1 aromatic carbocycles. The van der Waals surface area contributed by atoms with Crippen LogP contribution in [0, 0.1) is 18.3 Å². The minimum atomic E-state index is -4.17.